The first kappa shape index (κ1) is 20.8. The molecule has 2 aliphatic rings. The van der Waals surface area contributed by atoms with E-state index in [0.29, 0.717) is 16.7 Å². The molecule has 1 aliphatic carbocycles. The SMILES string of the molecule is O=C(NC1CC1)c1ccc(-c2csc(NC(=O)[C@H]3CCCN3Cc3ccccc3)n2)cc1. The minimum Gasteiger partial charge on any atom is -0.349 e. The normalized spacial score (nSPS) is 18.4. The molecular weight excluding hydrogens is 420 g/mol. The fraction of sp³-hybridized carbons (Fsp3) is 0.320. The van der Waals surface area contributed by atoms with E-state index >= 15 is 0 Å². The lowest BCUT2D eigenvalue weighted by molar-refractivity contribution is -0.120. The summed E-state index contributed by atoms with van der Waals surface area (Å²) in [5, 5.41) is 8.55. The molecule has 1 aliphatic heterocycles. The molecule has 0 radical (unpaired) electrons. The van der Waals surface area contributed by atoms with E-state index in [1.54, 1.807) is 0 Å². The highest BCUT2D eigenvalue weighted by molar-refractivity contribution is 7.14. The third kappa shape index (κ3) is 4.89. The average Bonchev–Trinajstić information content (AvgIpc) is 3.30. The molecule has 2 fully saturated rings. The summed E-state index contributed by atoms with van der Waals surface area (Å²) in [6.45, 7) is 1.71. The summed E-state index contributed by atoms with van der Waals surface area (Å²) in [6, 6.07) is 17.9. The molecule has 2 aromatic carbocycles. The van der Waals surface area contributed by atoms with Gasteiger partial charge in [-0.2, -0.15) is 0 Å². The number of nitrogens with zero attached hydrogens (tertiary/aromatic N) is 2. The van der Waals surface area contributed by atoms with E-state index in [9.17, 15) is 9.59 Å². The summed E-state index contributed by atoms with van der Waals surface area (Å²) < 4.78 is 0. The van der Waals surface area contributed by atoms with Gasteiger partial charge in [0.1, 0.15) is 0 Å². The summed E-state index contributed by atoms with van der Waals surface area (Å²) in [4.78, 5) is 31.9. The molecule has 3 aromatic rings. The average molecular weight is 447 g/mol. The zero-order chi connectivity index (χ0) is 21.9. The van der Waals surface area contributed by atoms with Crippen LogP contribution in [0, 0.1) is 0 Å². The fourth-order valence-electron chi connectivity index (χ4n) is 4.07. The van der Waals surface area contributed by atoms with E-state index in [1.165, 1.54) is 16.9 Å². The minimum atomic E-state index is -0.133. The van der Waals surface area contributed by atoms with Gasteiger partial charge in [0, 0.05) is 29.1 Å². The molecule has 0 bridgehead atoms. The second-order valence-electron chi connectivity index (χ2n) is 8.47. The topological polar surface area (TPSA) is 74.3 Å². The number of hydrogen-bond donors (Lipinski definition) is 2. The van der Waals surface area contributed by atoms with Crippen LogP contribution in [0.25, 0.3) is 11.3 Å². The first-order valence-corrected chi connectivity index (χ1v) is 12.0. The highest BCUT2D eigenvalue weighted by Gasteiger charge is 2.31. The van der Waals surface area contributed by atoms with E-state index in [4.69, 9.17) is 0 Å². The highest BCUT2D eigenvalue weighted by atomic mass is 32.1. The highest BCUT2D eigenvalue weighted by Crippen LogP contribution is 2.27. The number of aromatic nitrogens is 1. The van der Waals surface area contributed by atoms with Crippen molar-refractivity contribution in [3.63, 3.8) is 0 Å². The molecule has 1 saturated heterocycles. The summed E-state index contributed by atoms with van der Waals surface area (Å²) in [7, 11) is 0. The number of carbonyl (C=O) groups excluding carboxylic acids is 2. The largest absolute Gasteiger partial charge is 0.349 e. The zero-order valence-electron chi connectivity index (χ0n) is 17.8. The van der Waals surface area contributed by atoms with Crippen molar-refractivity contribution in [1.82, 2.24) is 15.2 Å². The molecule has 2 amide bonds. The molecule has 2 N–H and O–H groups in total. The quantitative estimate of drug-likeness (QED) is 0.567. The summed E-state index contributed by atoms with van der Waals surface area (Å²) >= 11 is 1.42. The second kappa shape index (κ2) is 9.22. The van der Waals surface area contributed by atoms with E-state index in [2.05, 4.69) is 32.7 Å². The lowest BCUT2D eigenvalue weighted by Crippen LogP contribution is -2.39. The summed E-state index contributed by atoms with van der Waals surface area (Å²) in [6.07, 6.45) is 4.03. The molecule has 32 heavy (non-hydrogen) atoms. The maximum absolute atomic E-state index is 12.9. The van der Waals surface area contributed by atoms with Crippen LogP contribution in [-0.2, 0) is 11.3 Å². The van der Waals surface area contributed by atoms with E-state index in [0.717, 1.165) is 50.0 Å². The molecule has 7 heteroatoms. The number of likely N-dealkylation sites (tertiary alicyclic amines) is 1. The van der Waals surface area contributed by atoms with Crippen molar-refractivity contribution in [3.05, 3.63) is 71.1 Å². The van der Waals surface area contributed by atoms with Gasteiger partial charge in [0.05, 0.1) is 11.7 Å². The Bertz CT molecular complexity index is 1090. The first-order chi connectivity index (χ1) is 15.7. The van der Waals surface area contributed by atoms with Crippen LogP contribution in [0.4, 0.5) is 5.13 Å². The molecule has 1 aromatic heterocycles. The summed E-state index contributed by atoms with van der Waals surface area (Å²) in [5.74, 6) is -0.0201. The molecular formula is C25H26N4O2S. The van der Waals surface area contributed by atoms with Gasteiger partial charge in [0.25, 0.3) is 5.91 Å². The Labute approximate surface area is 191 Å². The molecule has 0 spiro atoms. The van der Waals surface area contributed by atoms with Crippen LogP contribution in [0.1, 0.15) is 41.6 Å². The molecule has 6 nitrogen and oxygen atoms in total. The van der Waals surface area contributed by atoms with Crippen molar-refractivity contribution in [2.75, 3.05) is 11.9 Å². The lowest BCUT2D eigenvalue weighted by atomic mass is 10.1. The van der Waals surface area contributed by atoms with Crippen LogP contribution in [-0.4, -0.2) is 40.3 Å². The van der Waals surface area contributed by atoms with Crippen molar-refractivity contribution in [3.8, 4) is 11.3 Å². The number of thiazole rings is 1. The van der Waals surface area contributed by atoms with Crippen molar-refractivity contribution < 1.29 is 9.59 Å². The number of benzene rings is 2. The minimum absolute atomic E-state index is 0.00595. The van der Waals surface area contributed by atoms with Crippen molar-refractivity contribution in [2.45, 2.75) is 44.3 Å². The Kier molecular flexibility index (Phi) is 6.01. The van der Waals surface area contributed by atoms with Gasteiger partial charge in [0.15, 0.2) is 5.13 Å². The maximum Gasteiger partial charge on any atom is 0.251 e. The molecule has 0 unspecified atom stereocenters. The van der Waals surface area contributed by atoms with E-state index in [-0.39, 0.29) is 17.9 Å². The number of rotatable bonds is 7. The predicted molar refractivity (Wildman–Crippen MR) is 127 cm³/mol. The standard InChI is InChI=1S/C25H26N4O2S/c30-23(26-20-12-13-20)19-10-8-18(9-11-19)21-16-32-25(27-21)28-24(31)22-7-4-14-29(22)15-17-5-2-1-3-6-17/h1-3,5-6,8-11,16,20,22H,4,7,12-15H2,(H,26,30)(H,27,28,31)/t22-/m1/s1. The Hall–Kier alpha value is -3.03. The van der Waals surface area contributed by atoms with Gasteiger partial charge < -0.3 is 10.6 Å². The number of amides is 2. The molecule has 164 valence electrons. The fourth-order valence-corrected chi connectivity index (χ4v) is 4.79. The van der Waals surface area contributed by atoms with Crippen LogP contribution in [0.3, 0.4) is 0 Å². The van der Waals surface area contributed by atoms with Gasteiger partial charge in [-0.1, -0.05) is 42.5 Å². The Morgan fingerprint density at radius 2 is 1.81 bits per heavy atom. The van der Waals surface area contributed by atoms with Crippen LogP contribution >= 0.6 is 11.3 Å². The van der Waals surface area contributed by atoms with E-state index in [1.807, 2.05) is 47.8 Å². The van der Waals surface area contributed by atoms with Crippen LogP contribution < -0.4 is 10.6 Å². The zero-order valence-corrected chi connectivity index (χ0v) is 18.6. The predicted octanol–water partition coefficient (Wildman–Crippen LogP) is 4.31. The van der Waals surface area contributed by atoms with Crippen molar-refractivity contribution >= 4 is 28.3 Å². The van der Waals surface area contributed by atoms with E-state index < -0.39 is 0 Å². The van der Waals surface area contributed by atoms with Gasteiger partial charge >= 0.3 is 0 Å². The summed E-state index contributed by atoms with van der Waals surface area (Å²) in [5.41, 5.74) is 3.60. The smallest absolute Gasteiger partial charge is 0.251 e. The maximum atomic E-state index is 12.9. The van der Waals surface area contributed by atoms with Gasteiger partial charge in [-0.15, -0.1) is 11.3 Å². The van der Waals surface area contributed by atoms with Crippen molar-refractivity contribution in [1.29, 1.82) is 0 Å². The van der Waals surface area contributed by atoms with Gasteiger partial charge in [-0.3, -0.25) is 14.5 Å². The second-order valence-corrected chi connectivity index (χ2v) is 9.32. The first-order valence-electron chi connectivity index (χ1n) is 11.1. The Morgan fingerprint density at radius 1 is 1.03 bits per heavy atom. The van der Waals surface area contributed by atoms with Crippen LogP contribution in [0.2, 0.25) is 0 Å². The van der Waals surface area contributed by atoms with Crippen LogP contribution in [0.15, 0.2) is 60.0 Å². The number of nitrogens with one attached hydrogen (secondary N) is 2. The Balaban J connectivity index is 1.21. The lowest BCUT2D eigenvalue weighted by Gasteiger charge is -2.23. The Morgan fingerprint density at radius 3 is 2.56 bits per heavy atom. The van der Waals surface area contributed by atoms with Gasteiger partial charge in [-0.25, -0.2) is 4.98 Å². The molecule has 1 saturated carbocycles. The van der Waals surface area contributed by atoms with Crippen LogP contribution in [0.5, 0.6) is 0 Å². The third-order valence-corrected chi connectivity index (χ3v) is 6.74. The molecule has 5 rings (SSSR count). The van der Waals surface area contributed by atoms with Gasteiger partial charge in [0.2, 0.25) is 5.91 Å². The monoisotopic (exact) mass is 446 g/mol. The van der Waals surface area contributed by atoms with Gasteiger partial charge in [-0.05, 0) is 49.9 Å². The number of carbonyl (C=O) groups is 2. The number of hydrogen-bond acceptors (Lipinski definition) is 5. The van der Waals surface area contributed by atoms with Crippen molar-refractivity contribution in [2.24, 2.45) is 0 Å². The molecule has 1 atom stereocenters. The third-order valence-electron chi connectivity index (χ3n) is 5.98. The number of anilines is 1. The molecule has 2 heterocycles.